The van der Waals surface area contributed by atoms with Crippen LogP contribution in [0.5, 0.6) is 0 Å². The summed E-state index contributed by atoms with van der Waals surface area (Å²) in [5.41, 5.74) is 3.45. The second-order valence-corrected chi connectivity index (χ2v) is 8.13. The molecule has 0 saturated carbocycles. The normalized spacial score (nSPS) is 18.6. The fraction of sp³-hybridized carbons (Fsp3) is 0.217. The van der Waals surface area contributed by atoms with E-state index >= 15 is 0 Å². The fourth-order valence-electron chi connectivity index (χ4n) is 3.73. The summed E-state index contributed by atoms with van der Waals surface area (Å²) in [6, 6.07) is 18.7. The zero-order valence-corrected chi connectivity index (χ0v) is 16.8. The molecule has 1 aromatic heterocycles. The number of morpholine rings is 1. The first-order valence-electron chi connectivity index (χ1n) is 9.75. The van der Waals surface area contributed by atoms with Crippen molar-refractivity contribution in [2.24, 2.45) is 4.99 Å². The lowest BCUT2D eigenvalue weighted by Crippen LogP contribution is -2.38. The number of fused-ring (bicyclic) bond motifs is 1. The van der Waals surface area contributed by atoms with Gasteiger partial charge in [0.15, 0.2) is 5.17 Å². The number of carbonyl (C=O) groups is 1. The van der Waals surface area contributed by atoms with Crippen LogP contribution in [0, 0.1) is 0 Å². The van der Waals surface area contributed by atoms with Gasteiger partial charge in [0.2, 0.25) is 0 Å². The number of ether oxygens (including phenoxy) is 1. The average Bonchev–Trinajstić information content (AvgIpc) is 3.31. The summed E-state index contributed by atoms with van der Waals surface area (Å²) in [4.78, 5) is 19.6. The standard InChI is InChI=1S/C23H21N3O2S/c27-22-21(29-23(24-22)25-10-12-28-13-11-25)14-18-16-26(15-17-6-2-1-3-7-17)20-9-5-4-8-19(18)20/h1-9,14,16H,10-13,15H2/b21-14-. The number of hydrogen-bond donors (Lipinski definition) is 0. The first-order valence-corrected chi connectivity index (χ1v) is 10.6. The number of aliphatic imine (C=N–C) groups is 1. The topological polar surface area (TPSA) is 46.8 Å². The molecule has 2 aliphatic heterocycles. The molecule has 5 rings (SSSR count). The zero-order chi connectivity index (χ0) is 19.6. The van der Waals surface area contributed by atoms with Crippen molar-refractivity contribution in [3.63, 3.8) is 0 Å². The van der Waals surface area contributed by atoms with Crippen LogP contribution in [0.2, 0.25) is 0 Å². The summed E-state index contributed by atoms with van der Waals surface area (Å²) in [7, 11) is 0. The maximum absolute atomic E-state index is 12.5. The third-order valence-corrected chi connectivity index (χ3v) is 6.24. The molecule has 146 valence electrons. The van der Waals surface area contributed by atoms with Gasteiger partial charge in [0.05, 0.1) is 18.1 Å². The molecule has 6 heteroatoms. The van der Waals surface area contributed by atoms with Crippen molar-refractivity contribution < 1.29 is 9.53 Å². The Labute approximate surface area is 173 Å². The number of aromatic nitrogens is 1. The monoisotopic (exact) mass is 403 g/mol. The van der Waals surface area contributed by atoms with Crippen LogP contribution in [0.4, 0.5) is 0 Å². The number of hydrogen-bond acceptors (Lipinski definition) is 4. The highest BCUT2D eigenvalue weighted by atomic mass is 32.2. The van der Waals surface area contributed by atoms with Gasteiger partial charge in [-0.1, -0.05) is 48.5 Å². The molecule has 0 atom stereocenters. The molecule has 2 aliphatic rings. The van der Waals surface area contributed by atoms with Crippen LogP contribution in [0.25, 0.3) is 17.0 Å². The Hall–Kier alpha value is -2.83. The van der Waals surface area contributed by atoms with Crippen molar-refractivity contribution in [1.29, 1.82) is 0 Å². The number of rotatable bonds is 3. The lowest BCUT2D eigenvalue weighted by molar-refractivity contribution is -0.113. The molecule has 0 unspecified atom stereocenters. The fourth-order valence-corrected chi connectivity index (χ4v) is 4.69. The Bertz CT molecular complexity index is 1110. The van der Waals surface area contributed by atoms with E-state index in [1.165, 1.54) is 17.3 Å². The van der Waals surface area contributed by atoms with Crippen LogP contribution in [-0.4, -0.2) is 46.8 Å². The van der Waals surface area contributed by atoms with E-state index in [9.17, 15) is 4.79 Å². The number of carbonyl (C=O) groups excluding carboxylic acids is 1. The van der Waals surface area contributed by atoms with Gasteiger partial charge in [-0.2, -0.15) is 4.99 Å². The summed E-state index contributed by atoms with van der Waals surface area (Å²) in [6.07, 6.45) is 4.11. The van der Waals surface area contributed by atoms with E-state index in [-0.39, 0.29) is 5.91 Å². The largest absolute Gasteiger partial charge is 0.378 e. The second-order valence-electron chi connectivity index (χ2n) is 7.12. The van der Waals surface area contributed by atoms with Crippen LogP contribution in [0.15, 0.2) is 70.7 Å². The van der Waals surface area contributed by atoms with Crippen molar-refractivity contribution in [2.75, 3.05) is 26.3 Å². The highest BCUT2D eigenvalue weighted by Crippen LogP contribution is 2.33. The van der Waals surface area contributed by atoms with Crippen LogP contribution in [0.3, 0.4) is 0 Å². The number of nitrogens with zero attached hydrogens (tertiary/aromatic N) is 3. The third-order valence-electron chi connectivity index (χ3n) is 5.19. The first-order chi connectivity index (χ1) is 14.3. The van der Waals surface area contributed by atoms with Crippen LogP contribution >= 0.6 is 11.8 Å². The van der Waals surface area contributed by atoms with Gasteiger partial charge in [0.25, 0.3) is 5.91 Å². The maximum atomic E-state index is 12.5. The van der Waals surface area contributed by atoms with Gasteiger partial charge in [-0.3, -0.25) is 4.79 Å². The molecule has 5 nitrogen and oxygen atoms in total. The summed E-state index contributed by atoms with van der Waals surface area (Å²) in [5, 5.41) is 1.93. The quantitative estimate of drug-likeness (QED) is 0.621. The van der Waals surface area contributed by atoms with E-state index < -0.39 is 0 Å². The molecule has 3 aromatic rings. The lowest BCUT2D eigenvalue weighted by atomic mass is 10.1. The molecule has 3 heterocycles. The highest BCUT2D eigenvalue weighted by molar-refractivity contribution is 8.18. The number of thioether (sulfide) groups is 1. The molecule has 1 saturated heterocycles. The van der Waals surface area contributed by atoms with Crippen molar-refractivity contribution in [1.82, 2.24) is 9.47 Å². The minimum absolute atomic E-state index is 0.156. The van der Waals surface area contributed by atoms with E-state index in [2.05, 4.69) is 63.1 Å². The number of amidine groups is 1. The zero-order valence-electron chi connectivity index (χ0n) is 16.0. The van der Waals surface area contributed by atoms with E-state index in [1.807, 2.05) is 18.2 Å². The summed E-state index contributed by atoms with van der Waals surface area (Å²) < 4.78 is 7.64. The van der Waals surface area contributed by atoms with E-state index in [1.54, 1.807) is 0 Å². The minimum Gasteiger partial charge on any atom is -0.378 e. The third kappa shape index (κ3) is 3.73. The van der Waals surface area contributed by atoms with Crippen LogP contribution < -0.4 is 0 Å². The highest BCUT2D eigenvalue weighted by Gasteiger charge is 2.27. The number of para-hydroxylation sites is 1. The molecule has 29 heavy (non-hydrogen) atoms. The Morgan fingerprint density at radius 2 is 1.79 bits per heavy atom. The van der Waals surface area contributed by atoms with Crippen molar-refractivity contribution in [3.8, 4) is 0 Å². The molecular weight excluding hydrogens is 382 g/mol. The Morgan fingerprint density at radius 1 is 1.03 bits per heavy atom. The molecule has 0 N–H and O–H groups in total. The van der Waals surface area contributed by atoms with Crippen molar-refractivity contribution >= 4 is 39.8 Å². The summed E-state index contributed by atoms with van der Waals surface area (Å²) in [5.74, 6) is -0.156. The van der Waals surface area contributed by atoms with Gasteiger partial charge < -0.3 is 14.2 Å². The van der Waals surface area contributed by atoms with Crippen LogP contribution in [-0.2, 0) is 16.1 Å². The van der Waals surface area contributed by atoms with Gasteiger partial charge in [-0.05, 0) is 29.5 Å². The Kier molecular flexibility index (Phi) is 4.96. The molecule has 0 spiro atoms. The molecule has 1 fully saturated rings. The average molecular weight is 404 g/mol. The van der Waals surface area contributed by atoms with E-state index in [0.29, 0.717) is 18.1 Å². The van der Waals surface area contributed by atoms with Gasteiger partial charge >= 0.3 is 0 Å². The van der Waals surface area contributed by atoms with Crippen molar-refractivity contribution in [3.05, 3.63) is 76.8 Å². The molecular formula is C23H21N3O2S. The number of amides is 1. The lowest BCUT2D eigenvalue weighted by Gasteiger charge is -2.27. The molecule has 0 radical (unpaired) electrons. The first kappa shape index (κ1) is 18.2. The Morgan fingerprint density at radius 3 is 2.62 bits per heavy atom. The predicted molar refractivity (Wildman–Crippen MR) is 118 cm³/mol. The van der Waals surface area contributed by atoms with E-state index in [0.717, 1.165) is 41.3 Å². The van der Waals surface area contributed by atoms with Crippen molar-refractivity contribution in [2.45, 2.75) is 6.54 Å². The maximum Gasteiger partial charge on any atom is 0.286 e. The summed E-state index contributed by atoms with van der Waals surface area (Å²) in [6.45, 7) is 3.71. The SMILES string of the molecule is O=C1N=C(N2CCOCC2)S/C1=C\c1cn(Cc2ccccc2)c2ccccc12. The predicted octanol–water partition coefficient (Wildman–Crippen LogP) is 3.99. The Balaban J connectivity index is 1.45. The van der Waals surface area contributed by atoms with Gasteiger partial charge in [-0.25, -0.2) is 0 Å². The minimum atomic E-state index is -0.156. The van der Waals surface area contributed by atoms with E-state index in [4.69, 9.17) is 4.74 Å². The molecule has 0 bridgehead atoms. The van der Waals surface area contributed by atoms with Gasteiger partial charge in [0, 0.05) is 42.3 Å². The molecule has 1 amide bonds. The number of benzene rings is 2. The van der Waals surface area contributed by atoms with Crippen LogP contribution in [0.1, 0.15) is 11.1 Å². The van der Waals surface area contributed by atoms with Gasteiger partial charge in [-0.15, -0.1) is 0 Å². The van der Waals surface area contributed by atoms with Gasteiger partial charge in [0.1, 0.15) is 0 Å². The second kappa shape index (κ2) is 7.89. The smallest absolute Gasteiger partial charge is 0.286 e. The molecule has 2 aromatic carbocycles. The molecule has 0 aliphatic carbocycles. The summed E-state index contributed by atoms with van der Waals surface area (Å²) >= 11 is 1.46.